The molecule has 0 atom stereocenters. The molecule has 1 saturated carbocycles. The number of hydrogen-bond acceptors (Lipinski definition) is 2. The lowest BCUT2D eigenvalue weighted by Gasteiger charge is -2.27. The fourth-order valence-corrected chi connectivity index (χ4v) is 2.65. The number of primary amides is 1. The van der Waals surface area contributed by atoms with Gasteiger partial charge in [-0.25, -0.2) is 0 Å². The van der Waals surface area contributed by atoms with Gasteiger partial charge in [0.2, 0.25) is 5.91 Å². The third-order valence-electron chi connectivity index (χ3n) is 3.14. The summed E-state index contributed by atoms with van der Waals surface area (Å²) in [4.78, 5) is 11.6. The molecule has 1 fully saturated rings. The number of anilines is 1. The minimum atomic E-state index is -0.541. The Morgan fingerprint density at radius 1 is 1.38 bits per heavy atom. The van der Waals surface area contributed by atoms with E-state index in [0.717, 1.165) is 35.8 Å². The van der Waals surface area contributed by atoms with E-state index in [-0.39, 0.29) is 5.91 Å². The first kappa shape index (κ1) is 11.5. The number of rotatable bonds is 3. The van der Waals surface area contributed by atoms with Gasteiger partial charge in [-0.05, 0) is 31.0 Å². The molecule has 4 heteroatoms. The molecular weight excluding hydrogens is 268 g/mol. The van der Waals surface area contributed by atoms with Crippen LogP contribution in [-0.2, 0) is 4.79 Å². The molecule has 86 valence electrons. The Morgan fingerprint density at radius 2 is 2.06 bits per heavy atom. The SMILES string of the molecule is NC(=O)C1(Nc2cccc(Br)c2)CCCC1. The highest BCUT2D eigenvalue weighted by Crippen LogP contribution is 2.33. The van der Waals surface area contributed by atoms with Crippen molar-refractivity contribution in [3.63, 3.8) is 0 Å². The van der Waals surface area contributed by atoms with Crippen molar-refractivity contribution in [3.05, 3.63) is 28.7 Å². The van der Waals surface area contributed by atoms with Crippen molar-refractivity contribution in [2.45, 2.75) is 31.2 Å². The van der Waals surface area contributed by atoms with E-state index in [2.05, 4.69) is 21.2 Å². The zero-order valence-electron chi connectivity index (χ0n) is 9.00. The van der Waals surface area contributed by atoms with Gasteiger partial charge in [-0.15, -0.1) is 0 Å². The lowest BCUT2D eigenvalue weighted by molar-refractivity contribution is -0.122. The summed E-state index contributed by atoms with van der Waals surface area (Å²) in [6.45, 7) is 0. The van der Waals surface area contributed by atoms with Crippen LogP contribution in [0.25, 0.3) is 0 Å². The maximum Gasteiger partial charge on any atom is 0.243 e. The molecule has 0 spiro atoms. The summed E-state index contributed by atoms with van der Waals surface area (Å²) in [5.41, 5.74) is 5.90. The fourth-order valence-electron chi connectivity index (χ4n) is 2.25. The zero-order chi connectivity index (χ0) is 11.6. The van der Waals surface area contributed by atoms with Crippen molar-refractivity contribution in [1.82, 2.24) is 0 Å². The average Bonchev–Trinajstić information content (AvgIpc) is 2.67. The summed E-state index contributed by atoms with van der Waals surface area (Å²) in [6.07, 6.45) is 3.78. The van der Waals surface area contributed by atoms with Crippen LogP contribution in [-0.4, -0.2) is 11.4 Å². The number of benzene rings is 1. The van der Waals surface area contributed by atoms with Crippen LogP contribution in [0, 0.1) is 0 Å². The second kappa shape index (κ2) is 4.45. The highest BCUT2D eigenvalue weighted by Gasteiger charge is 2.39. The van der Waals surface area contributed by atoms with Crippen molar-refractivity contribution in [2.24, 2.45) is 5.73 Å². The second-order valence-corrected chi connectivity index (χ2v) is 5.20. The predicted molar refractivity (Wildman–Crippen MR) is 68.2 cm³/mol. The molecular formula is C12H15BrN2O. The van der Waals surface area contributed by atoms with Crippen molar-refractivity contribution in [1.29, 1.82) is 0 Å². The van der Waals surface area contributed by atoms with E-state index in [1.165, 1.54) is 0 Å². The number of nitrogens with two attached hydrogens (primary N) is 1. The van der Waals surface area contributed by atoms with Crippen LogP contribution in [0.1, 0.15) is 25.7 Å². The summed E-state index contributed by atoms with van der Waals surface area (Å²) in [5, 5.41) is 3.29. The normalized spacial score (nSPS) is 18.3. The molecule has 0 saturated heterocycles. The summed E-state index contributed by atoms with van der Waals surface area (Å²) < 4.78 is 0.995. The quantitative estimate of drug-likeness (QED) is 0.896. The zero-order valence-corrected chi connectivity index (χ0v) is 10.6. The van der Waals surface area contributed by atoms with Gasteiger partial charge in [0, 0.05) is 10.2 Å². The Bertz CT molecular complexity index is 400. The molecule has 0 bridgehead atoms. The van der Waals surface area contributed by atoms with Gasteiger partial charge < -0.3 is 11.1 Å². The van der Waals surface area contributed by atoms with Crippen LogP contribution in [0.5, 0.6) is 0 Å². The van der Waals surface area contributed by atoms with Gasteiger partial charge in [-0.3, -0.25) is 4.79 Å². The van der Waals surface area contributed by atoms with E-state index >= 15 is 0 Å². The molecule has 0 aromatic heterocycles. The molecule has 0 aliphatic heterocycles. The topological polar surface area (TPSA) is 55.1 Å². The van der Waals surface area contributed by atoms with E-state index in [9.17, 15) is 4.79 Å². The van der Waals surface area contributed by atoms with E-state index in [1.54, 1.807) is 0 Å². The van der Waals surface area contributed by atoms with Crippen LogP contribution in [0.2, 0.25) is 0 Å². The fraction of sp³-hybridized carbons (Fsp3) is 0.417. The molecule has 0 heterocycles. The van der Waals surface area contributed by atoms with Gasteiger partial charge in [0.15, 0.2) is 0 Å². The van der Waals surface area contributed by atoms with Gasteiger partial charge >= 0.3 is 0 Å². The number of halogens is 1. The van der Waals surface area contributed by atoms with Gasteiger partial charge in [0.25, 0.3) is 0 Å². The number of nitrogens with one attached hydrogen (secondary N) is 1. The van der Waals surface area contributed by atoms with E-state index < -0.39 is 5.54 Å². The number of hydrogen-bond donors (Lipinski definition) is 2. The standard InChI is InChI=1S/C12H15BrN2O/c13-9-4-3-5-10(8-9)15-12(11(14)16)6-1-2-7-12/h3-5,8,15H,1-2,6-7H2,(H2,14,16). The molecule has 1 aliphatic rings. The maximum absolute atomic E-state index is 11.6. The van der Waals surface area contributed by atoms with Crippen LogP contribution >= 0.6 is 15.9 Å². The predicted octanol–water partition coefficient (Wildman–Crippen LogP) is 2.66. The van der Waals surface area contributed by atoms with Crippen molar-refractivity contribution < 1.29 is 4.79 Å². The minimum absolute atomic E-state index is 0.245. The third-order valence-corrected chi connectivity index (χ3v) is 3.63. The molecule has 2 rings (SSSR count). The Morgan fingerprint density at radius 3 is 2.62 bits per heavy atom. The Balaban J connectivity index is 2.21. The van der Waals surface area contributed by atoms with Crippen molar-refractivity contribution in [3.8, 4) is 0 Å². The van der Waals surface area contributed by atoms with Gasteiger partial charge in [0.1, 0.15) is 5.54 Å². The van der Waals surface area contributed by atoms with Crippen LogP contribution in [0.15, 0.2) is 28.7 Å². The lowest BCUT2D eigenvalue weighted by atomic mass is 9.96. The van der Waals surface area contributed by atoms with Gasteiger partial charge in [-0.1, -0.05) is 34.8 Å². The van der Waals surface area contributed by atoms with Crippen molar-refractivity contribution >= 4 is 27.5 Å². The Labute approximate surface area is 104 Å². The highest BCUT2D eigenvalue weighted by molar-refractivity contribution is 9.10. The molecule has 3 N–H and O–H groups in total. The lowest BCUT2D eigenvalue weighted by Crippen LogP contribution is -2.48. The molecule has 0 radical (unpaired) electrons. The van der Waals surface area contributed by atoms with Crippen LogP contribution in [0.3, 0.4) is 0 Å². The first-order valence-corrected chi connectivity index (χ1v) is 6.25. The van der Waals surface area contributed by atoms with Crippen LogP contribution in [0.4, 0.5) is 5.69 Å². The smallest absolute Gasteiger partial charge is 0.243 e. The Hall–Kier alpha value is -1.03. The highest BCUT2D eigenvalue weighted by atomic mass is 79.9. The summed E-state index contributed by atoms with van der Waals surface area (Å²) >= 11 is 3.41. The van der Waals surface area contributed by atoms with Gasteiger partial charge in [0.05, 0.1) is 0 Å². The molecule has 1 aromatic rings. The third kappa shape index (κ3) is 2.21. The molecule has 1 aromatic carbocycles. The van der Waals surface area contributed by atoms with Gasteiger partial charge in [-0.2, -0.15) is 0 Å². The molecule has 1 aliphatic carbocycles. The summed E-state index contributed by atoms with van der Waals surface area (Å²) in [6, 6.07) is 7.81. The molecule has 16 heavy (non-hydrogen) atoms. The number of amides is 1. The summed E-state index contributed by atoms with van der Waals surface area (Å²) in [5.74, 6) is -0.245. The van der Waals surface area contributed by atoms with E-state index in [0.29, 0.717) is 0 Å². The Kier molecular flexibility index (Phi) is 3.19. The average molecular weight is 283 g/mol. The number of carbonyl (C=O) groups is 1. The van der Waals surface area contributed by atoms with Crippen LogP contribution < -0.4 is 11.1 Å². The maximum atomic E-state index is 11.6. The first-order chi connectivity index (χ1) is 7.62. The molecule has 0 unspecified atom stereocenters. The molecule has 1 amide bonds. The second-order valence-electron chi connectivity index (χ2n) is 4.29. The monoisotopic (exact) mass is 282 g/mol. The van der Waals surface area contributed by atoms with E-state index in [1.807, 2.05) is 24.3 Å². The summed E-state index contributed by atoms with van der Waals surface area (Å²) in [7, 11) is 0. The largest absolute Gasteiger partial charge is 0.371 e. The molecule has 3 nitrogen and oxygen atoms in total. The number of carbonyl (C=O) groups excluding carboxylic acids is 1. The first-order valence-electron chi connectivity index (χ1n) is 5.46. The van der Waals surface area contributed by atoms with Crippen molar-refractivity contribution in [2.75, 3.05) is 5.32 Å². The van der Waals surface area contributed by atoms with E-state index in [4.69, 9.17) is 5.73 Å². The minimum Gasteiger partial charge on any atom is -0.371 e.